The van der Waals surface area contributed by atoms with Gasteiger partial charge in [-0.1, -0.05) is 6.92 Å². The third kappa shape index (κ3) is 3.70. The predicted molar refractivity (Wildman–Crippen MR) is 80.7 cm³/mol. The van der Waals surface area contributed by atoms with Gasteiger partial charge in [-0.05, 0) is 50.6 Å². The van der Waals surface area contributed by atoms with Crippen molar-refractivity contribution in [3.8, 4) is 0 Å². The van der Waals surface area contributed by atoms with Crippen molar-refractivity contribution in [1.82, 2.24) is 5.32 Å². The minimum atomic E-state index is -0.173. The van der Waals surface area contributed by atoms with Crippen molar-refractivity contribution >= 4 is 5.69 Å². The van der Waals surface area contributed by atoms with Crippen LogP contribution in [0.4, 0.5) is 10.1 Å². The summed E-state index contributed by atoms with van der Waals surface area (Å²) in [5, 5.41) is 3.37. The van der Waals surface area contributed by atoms with Gasteiger partial charge in [-0.25, -0.2) is 4.39 Å². The number of benzene rings is 1. The molecular formula is C16H25FN2O. The highest BCUT2D eigenvalue weighted by atomic mass is 19.1. The largest absolute Gasteiger partial charge is 0.377 e. The topological polar surface area (TPSA) is 24.5 Å². The van der Waals surface area contributed by atoms with Crippen LogP contribution in [0.25, 0.3) is 0 Å². The second kappa shape index (κ2) is 7.04. The Morgan fingerprint density at radius 2 is 2.30 bits per heavy atom. The number of anilines is 1. The quantitative estimate of drug-likeness (QED) is 0.917. The molecule has 2 rings (SSSR count). The minimum absolute atomic E-state index is 0.144. The Kier molecular flexibility index (Phi) is 5.38. The van der Waals surface area contributed by atoms with Crippen LogP contribution in [0.2, 0.25) is 0 Å². The highest BCUT2D eigenvalue weighted by Gasteiger charge is 2.20. The van der Waals surface area contributed by atoms with E-state index in [2.05, 4.69) is 31.0 Å². The van der Waals surface area contributed by atoms with Crippen LogP contribution in [0.3, 0.4) is 0 Å². The lowest BCUT2D eigenvalue weighted by atomic mass is 10.0. The third-order valence-electron chi connectivity index (χ3n) is 3.76. The lowest BCUT2D eigenvalue weighted by Crippen LogP contribution is -2.32. The Labute approximate surface area is 121 Å². The molecule has 0 aliphatic carbocycles. The van der Waals surface area contributed by atoms with Gasteiger partial charge in [0.05, 0.1) is 6.10 Å². The zero-order chi connectivity index (χ0) is 14.5. The van der Waals surface area contributed by atoms with E-state index in [0.29, 0.717) is 0 Å². The van der Waals surface area contributed by atoms with Gasteiger partial charge in [0.25, 0.3) is 0 Å². The average Bonchev–Trinajstić information content (AvgIpc) is 2.63. The molecule has 0 bridgehead atoms. The summed E-state index contributed by atoms with van der Waals surface area (Å²) < 4.78 is 19.3. The van der Waals surface area contributed by atoms with E-state index in [9.17, 15) is 4.39 Å². The second-order valence-electron chi connectivity index (χ2n) is 5.46. The normalized spacial score (nSPS) is 21.6. The number of nitrogens with one attached hydrogen (secondary N) is 1. The zero-order valence-corrected chi connectivity index (χ0v) is 12.7. The first-order chi connectivity index (χ1) is 9.61. The number of hydrogen-bond acceptors (Lipinski definition) is 3. The highest BCUT2D eigenvalue weighted by molar-refractivity contribution is 5.55. The van der Waals surface area contributed by atoms with E-state index in [1.54, 1.807) is 12.1 Å². The lowest BCUT2D eigenvalue weighted by Gasteiger charge is -2.29. The van der Waals surface area contributed by atoms with Crippen molar-refractivity contribution in [3.05, 3.63) is 29.6 Å². The molecule has 0 saturated carbocycles. The maximum absolute atomic E-state index is 13.6. The monoisotopic (exact) mass is 280 g/mol. The van der Waals surface area contributed by atoms with Crippen LogP contribution in [0.1, 0.15) is 38.8 Å². The Morgan fingerprint density at radius 3 is 3.05 bits per heavy atom. The van der Waals surface area contributed by atoms with Gasteiger partial charge < -0.3 is 15.0 Å². The van der Waals surface area contributed by atoms with Gasteiger partial charge >= 0.3 is 0 Å². The maximum atomic E-state index is 13.6. The molecule has 20 heavy (non-hydrogen) atoms. The summed E-state index contributed by atoms with van der Waals surface area (Å²) in [6.45, 7) is 9.74. The summed E-state index contributed by atoms with van der Waals surface area (Å²) in [5.74, 6) is -0.173. The molecule has 4 heteroatoms. The van der Waals surface area contributed by atoms with Gasteiger partial charge in [0.2, 0.25) is 0 Å². The fourth-order valence-corrected chi connectivity index (χ4v) is 2.79. The Hall–Kier alpha value is -1.13. The number of hydrogen-bond donors (Lipinski definition) is 1. The molecule has 1 N–H and O–H groups in total. The molecule has 0 aromatic heterocycles. The first-order valence-electron chi connectivity index (χ1n) is 7.51. The predicted octanol–water partition coefficient (Wildman–Crippen LogP) is 3.11. The van der Waals surface area contributed by atoms with Crippen LogP contribution in [-0.2, 0) is 4.74 Å². The molecule has 112 valence electrons. The van der Waals surface area contributed by atoms with E-state index in [-0.39, 0.29) is 18.0 Å². The summed E-state index contributed by atoms with van der Waals surface area (Å²) in [4.78, 5) is 2.32. The van der Waals surface area contributed by atoms with Gasteiger partial charge in [0, 0.05) is 31.4 Å². The first kappa shape index (κ1) is 15.3. The summed E-state index contributed by atoms with van der Waals surface area (Å²) in [5.41, 5.74) is 2.15. The molecular weight excluding hydrogens is 255 g/mol. The lowest BCUT2D eigenvalue weighted by molar-refractivity contribution is 0.0820. The Bertz CT molecular complexity index is 438. The van der Waals surface area contributed by atoms with Gasteiger partial charge in [0.15, 0.2) is 0 Å². The van der Waals surface area contributed by atoms with Crippen LogP contribution in [0.15, 0.2) is 18.2 Å². The van der Waals surface area contributed by atoms with Crippen LogP contribution < -0.4 is 10.2 Å². The van der Waals surface area contributed by atoms with Crippen LogP contribution in [-0.4, -0.2) is 32.3 Å². The van der Waals surface area contributed by atoms with E-state index in [1.165, 1.54) is 0 Å². The standard InChI is InChI=1S/C16H25FN2O/c1-4-18-13(3)15-10-14(17)6-7-16(15)19-8-5-9-20-12(2)11-19/h6-7,10,12-13,18H,4-5,8-9,11H2,1-3H3. The van der Waals surface area contributed by atoms with Crippen molar-refractivity contribution in [3.63, 3.8) is 0 Å². The number of halogens is 1. The molecule has 3 nitrogen and oxygen atoms in total. The van der Waals surface area contributed by atoms with Gasteiger partial charge in [-0.2, -0.15) is 0 Å². The van der Waals surface area contributed by atoms with Crippen LogP contribution >= 0.6 is 0 Å². The SMILES string of the molecule is CCNC(C)c1cc(F)ccc1N1CCCOC(C)C1. The van der Waals surface area contributed by atoms with E-state index in [4.69, 9.17) is 4.74 Å². The van der Waals surface area contributed by atoms with Crippen LogP contribution in [0, 0.1) is 5.82 Å². The smallest absolute Gasteiger partial charge is 0.123 e. The molecule has 1 fully saturated rings. The first-order valence-corrected chi connectivity index (χ1v) is 7.51. The Morgan fingerprint density at radius 1 is 1.50 bits per heavy atom. The summed E-state index contributed by atoms with van der Waals surface area (Å²) in [7, 11) is 0. The van der Waals surface area contributed by atoms with Crippen molar-refractivity contribution in [1.29, 1.82) is 0 Å². The average molecular weight is 280 g/mol. The molecule has 2 atom stereocenters. The number of nitrogens with zero attached hydrogens (tertiary/aromatic N) is 1. The minimum Gasteiger partial charge on any atom is -0.377 e. The summed E-state index contributed by atoms with van der Waals surface area (Å²) in [6.07, 6.45) is 1.22. The summed E-state index contributed by atoms with van der Waals surface area (Å²) >= 11 is 0. The van der Waals surface area contributed by atoms with Crippen molar-refractivity contribution in [2.24, 2.45) is 0 Å². The Balaban J connectivity index is 2.29. The van der Waals surface area contributed by atoms with Crippen molar-refractivity contribution in [2.75, 3.05) is 31.1 Å². The zero-order valence-electron chi connectivity index (χ0n) is 12.7. The maximum Gasteiger partial charge on any atom is 0.123 e. The third-order valence-corrected chi connectivity index (χ3v) is 3.76. The molecule has 0 amide bonds. The molecule has 1 aliphatic rings. The van der Waals surface area contributed by atoms with Gasteiger partial charge in [-0.3, -0.25) is 0 Å². The molecule has 2 unspecified atom stereocenters. The highest BCUT2D eigenvalue weighted by Crippen LogP contribution is 2.28. The van der Waals surface area contributed by atoms with Crippen LogP contribution in [0.5, 0.6) is 0 Å². The molecule has 1 aliphatic heterocycles. The number of ether oxygens (including phenoxy) is 1. The van der Waals surface area contributed by atoms with Gasteiger partial charge in [-0.15, -0.1) is 0 Å². The second-order valence-corrected chi connectivity index (χ2v) is 5.46. The molecule has 0 spiro atoms. The summed E-state index contributed by atoms with van der Waals surface area (Å²) in [6, 6.07) is 5.24. The van der Waals surface area contributed by atoms with E-state index < -0.39 is 0 Å². The molecule has 1 heterocycles. The molecule has 1 aromatic carbocycles. The van der Waals surface area contributed by atoms with Gasteiger partial charge in [0.1, 0.15) is 5.82 Å². The fraction of sp³-hybridized carbons (Fsp3) is 0.625. The van der Waals surface area contributed by atoms with E-state index in [0.717, 1.165) is 43.9 Å². The number of rotatable bonds is 4. The van der Waals surface area contributed by atoms with E-state index >= 15 is 0 Å². The molecule has 1 aromatic rings. The molecule has 0 radical (unpaired) electrons. The van der Waals surface area contributed by atoms with E-state index in [1.807, 2.05) is 6.07 Å². The fourth-order valence-electron chi connectivity index (χ4n) is 2.79. The van der Waals surface area contributed by atoms with Crippen molar-refractivity contribution in [2.45, 2.75) is 39.3 Å². The molecule has 1 saturated heterocycles. The van der Waals surface area contributed by atoms with Crippen molar-refractivity contribution < 1.29 is 9.13 Å².